The van der Waals surface area contributed by atoms with Crippen LogP contribution in [0.5, 0.6) is 17.4 Å². The normalized spacial score (nSPS) is 18.2. The van der Waals surface area contributed by atoms with Crippen molar-refractivity contribution in [3.8, 4) is 17.4 Å². The first kappa shape index (κ1) is 23.5. The number of benzene rings is 3. The second kappa shape index (κ2) is 9.08. The molecule has 180 valence electrons. The van der Waals surface area contributed by atoms with Crippen molar-refractivity contribution < 1.29 is 35.6 Å². The van der Waals surface area contributed by atoms with Gasteiger partial charge in [0.2, 0.25) is 5.88 Å². The molecular formula is C28H24N3O3Pt-. The third kappa shape index (κ3) is 4.21. The summed E-state index contributed by atoms with van der Waals surface area (Å²) >= 11 is 0. The van der Waals surface area contributed by atoms with Gasteiger partial charge in [0.1, 0.15) is 23.3 Å². The van der Waals surface area contributed by atoms with Crippen molar-refractivity contribution in [2.75, 3.05) is 0 Å². The van der Waals surface area contributed by atoms with Gasteiger partial charge in [-0.3, -0.25) is 4.99 Å². The van der Waals surface area contributed by atoms with E-state index in [0.29, 0.717) is 22.7 Å². The summed E-state index contributed by atoms with van der Waals surface area (Å²) in [5.41, 5.74) is 7.39. The zero-order chi connectivity index (χ0) is 23.4. The number of hydrogen-bond donors (Lipinski definition) is 1. The number of aryl methyl sites for hydroxylation is 3. The largest absolute Gasteiger partial charge is 0.510 e. The van der Waals surface area contributed by atoms with Crippen molar-refractivity contribution >= 4 is 16.9 Å². The zero-order valence-electron chi connectivity index (χ0n) is 19.6. The van der Waals surface area contributed by atoms with Gasteiger partial charge < -0.3 is 14.6 Å². The molecule has 6 rings (SSSR count). The minimum absolute atomic E-state index is 0. The molecule has 4 aromatic rings. The van der Waals surface area contributed by atoms with Crippen LogP contribution in [-0.4, -0.2) is 27.0 Å². The molecule has 1 aliphatic heterocycles. The maximum atomic E-state index is 10.3. The van der Waals surface area contributed by atoms with Gasteiger partial charge in [-0.05, 0) is 48.6 Å². The van der Waals surface area contributed by atoms with Gasteiger partial charge in [-0.1, -0.05) is 55.8 Å². The molecule has 2 aliphatic rings. The van der Waals surface area contributed by atoms with E-state index in [2.05, 4.69) is 40.3 Å². The van der Waals surface area contributed by atoms with E-state index in [4.69, 9.17) is 14.5 Å². The summed E-state index contributed by atoms with van der Waals surface area (Å²) in [6.07, 6.45) is 3.47. The van der Waals surface area contributed by atoms with Crippen LogP contribution in [0.2, 0.25) is 0 Å². The van der Waals surface area contributed by atoms with Crippen molar-refractivity contribution in [2.24, 2.45) is 4.99 Å². The summed E-state index contributed by atoms with van der Waals surface area (Å²) in [6.45, 7) is 5.97. The van der Waals surface area contributed by atoms with Gasteiger partial charge in [-0.15, -0.1) is 11.1 Å². The summed E-state index contributed by atoms with van der Waals surface area (Å²) in [6, 6.07) is 17.4. The Morgan fingerprint density at radius 1 is 1.11 bits per heavy atom. The van der Waals surface area contributed by atoms with Gasteiger partial charge in [0.15, 0.2) is 0 Å². The van der Waals surface area contributed by atoms with Crippen molar-refractivity contribution in [3.05, 3.63) is 88.1 Å². The SMILES string of the molecule is Cc1cc(O)c2nc(Oc3[c-]c(C4=N[C@H]5CCc6ccccc6[C@@H]5O4)c(C)c(C)c3)cnc2c1.[Pt]. The molecule has 0 unspecified atom stereocenters. The van der Waals surface area contributed by atoms with E-state index < -0.39 is 0 Å². The molecule has 0 radical (unpaired) electrons. The number of hydrogen-bond acceptors (Lipinski definition) is 6. The van der Waals surface area contributed by atoms with Gasteiger partial charge in [-0.2, -0.15) is 0 Å². The number of aromatic nitrogens is 2. The third-order valence-electron chi connectivity index (χ3n) is 6.68. The van der Waals surface area contributed by atoms with Gasteiger partial charge in [0, 0.05) is 26.8 Å². The van der Waals surface area contributed by atoms with E-state index in [1.165, 1.54) is 11.1 Å². The van der Waals surface area contributed by atoms with E-state index in [-0.39, 0.29) is 44.8 Å². The Bertz CT molecular complexity index is 1480. The molecule has 1 aromatic heterocycles. The summed E-state index contributed by atoms with van der Waals surface area (Å²) in [5, 5.41) is 10.3. The van der Waals surface area contributed by atoms with Crippen LogP contribution in [0.15, 0.2) is 53.7 Å². The number of nitrogens with zero attached hydrogens (tertiary/aromatic N) is 3. The molecule has 0 spiro atoms. The maximum absolute atomic E-state index is 10.3. The van der Waals surface area contributed by atoms with E-state index in [0.717, 1.165) is 35.1 Å². The summed E-state index contributed by atoms with van der Waals surface area (Å²) in [7, 11) is 0. The Morgan fingerprint density at radius 2 is 1.94 bits per heavy atom. The van der Waals surface area contributed by atoms with Gasteiger partial charge >= 0.3 is 0 Å². The number of ether oxygens (including phenoxy) is 2. The van der Waals surface area contributed by atoms with Crippen molar-refractivity contribution in [3.63, 3.8) is 0 Å². The second-order valence-corrected chi connectivity index (χ2v) is 9.06. The molecule has 1 aliphatic carbocycles. The first-order chi connectivity index (χ1) is 16.5. The van der Waals surface area contributed by atoms with Crippen LogP contribution in [0.1, 0.15) is 45.9 Å². The Kier molecular flexibility index (Phi) is 6.10. The minimum atomic E-state index is -0.0598. The number of fused-ring (bicyclic) bond motifs is 4. The second-order valence-electron chi connectivity index (χ2n) is 9.06. The third-order valence-corrected chi connectivity index (χ3v) is 6.68. The minimum Gasteiger partial charge on any atom is -0.510 e. The summed E-state index contributed by atoms with van der Waals surface area (Å²) < 4.78 is 12.4. The van der Waals surface area contributed by atoms with Crippen LogP contribution < -0.4 is 4.74 Å². The molecule has 6 nitrogen and oxygen atoms in total. The van der Waals surface area contributed by atoms with Crippen LogP contribution in [0.3, 0.4) is 0 Å². The van der Waals surface area contributed by atoms with Crippen LogP contribution >= 0.6 is 0 Å². The average molecular weight is 646 g/mol. The quantitative estimate of drug-likeness (QED) is 0.290. The Hall–Kier alpha value is -3.24. The van der Waals surface area contributed by atoms with Crippen molar-refractivity contribution in [2.45, 2.75) is 45.8 Å². The fraction of sp³-hybridized carbons (Fsp3) is 0.250. The van der Waals surface area contributed by atoms with Crippen molar-refractivity contribution in [1.82, 2.24) is 9.97 Å². The number of rotatable bonds is 3. The topological polar surface area (TPSA) is 76.8 Å². The Labute approximate surface area is 218 Å². The van der Waals surface area contributed by atoms with E-state index in [9.17, 15) is 5.11 Å². The average Bonchev–Trinajstić information content (AvgIpc) is 3.26. The first-order valence-corrected chi connectivity index (χ1v) is 11.5. The Morgan fingerprint density at radius 3 is 2.80 bits per heavy atom. The predicted octanol–water partition coefficient (Wildman–Crippen LogP) is 5.68. The zero-order valence-corrected chi connectivity index (χ0v) is 21.9. The molecule has 2 atom stereocenters. The first-order valence-electron chi connectivity index (χ1n) is 11.5. The smallest absolute Gasteiger partial charge is 0.236 e. The number of aliphatic imine (C=N–C) groups is 1. The van der Waals surface area contributed by atoms with Gasteiger partial charge in [0.05, 0.1) is 17.8 Å². The number of aromatic hydroxyl groups is 1. The van der Waals surface area contributed by atoms with Crippen LogP contribution in [0, 0.1) is 26.8 Å². The predicted molar refractivity (Wildman–Crippen MR) is 130 cm³/mol. The van der Waals surface area contributed by atoms with E-state index >= 15 is 0 Å². The molecule has 35 heavy (non-hydrogen) atoms. The summed E-state index contributed by atoms with van der Waals surface area (Å²) in [5.74, 6) is 1.47. The molecule has 0 bridgehead atoms. The molecule has 0 amide bonds. The fourth-order valence-electron chi connectivity index (χ4n) is 4.80. The number of phenolic OH excluding ortho intramolecular Hbond substituents is 1. The van der Waals surface area contributed by atoms with Crippen LogP contribution in [0.4, 0.5) is 0 Å². The molecule has 0 fully saturated rings. The Balaban J connectivity index is 0.00000253. The summed E-state index contributed by atoms with van der Waals surface area (Å²) in [4.78, 5) is 13.8. The maximum Gasteiger partial charge on any atom is 0.236 e. The molecule has 7 heteroatoms. The fourth-order valence-corrected chi connectivity index (χ4v) is 4.80. The van der Waals surface area contributed by atoms with Gasteiger partial charge in [-0.25, -0.2) is 9.97 Å². The monoisotopic (exact) mass is 645 g/mol. The molecule has 1 N–H and O–H groups in total. The van der Waals surface area contributed by atoms with Crippen LogP contribution in [-0.2, 0) is 32.2 Å². The molecular weight excluding hydrogens is 621 g/mol. The molecule has 2 heterocycles. The number of phenols is 1. The van der Waals surface area contributed by atoms with Crippen LogP contribution in [0.25, 0.3) is 11.0 Å². The van der Waals surface area contributed by atoms with E-state index in [1.54, 1.807) is 12.3 Å². The molecule has 3 aromatic carbocycles. The molecule has 0 saturated carbocycles. The standard InChI is InChI=1S/C28H24N3O3.Pt/c1-15-10-23-26(24(32)11-15)31-25(14-29-23)33-19-12-16(2)17(3)21(13-19)28-30-22-9-8-18-6-4-5-7-20(18)27(22)34-28;/h4-7,10-12,14,22,27,32H,8-9H2,1-3H3;/q-1;/t22-,27-;/m0./s1. The van der Waals surface area contributed by atoms with Gasteiger partial charge in [0.25, 0.3) is 0 Å². The molecule has 0 saturated heterocycles. The van der Waals surface area contributed by atoms with E-state index in [1.807, 2.05) is 32.9 Å². The van der Waals surface area contributed by atoms with Crippen molar-refractivity contribution in [1.29, 1.82) is 0 Å².